The van der Waals surface area contributed by atoms with Crippen LogP contribution < -0.4 is 27.0 Å². The largest absolute Gasteiger partial charge is 0.480 e. The number of H-pyrrole nitrogens is 2. The Balaban J connectivity index is 1.48. The maximum atomic E-state index is 13.5. The van der Waals surface area contributed by atoms with E-state index in [2.05, 4.69) is 36.2 Å². The molecule has 1 aliphatic rings. The molecule has 0 bridgehead atoms. The van der Waals surface area contributed by atoms with Crippen molar-refractivity contribution in [2.45, 2.75) is 69.1 Å². The minimum absolute atomic E-state index is 0.0436. The summed E-state index contributed by atoms with van der Waals surface area (Å²) in [5, 5.41) is 22.1. The molecule has 0 spiro atoms. The lowest BCUT2D eigenvalue weighted by Gasteiger charge is -2.25. The van der Waals surface area contributed by atoms with Gasteiger partial charge in [-0.3, -0.25) is 14.4 Å². The molecule has 220 valence electrons. The fourth-order valence-electron chi connectivity index (χ4n) is 5.03. The molecule has 3 amide bonds. The molecule has 1 saturated heterocycles. The number of nitrogens with zero attached hydrogens (tertiary/aromatic N) is 1. The smallest absolute Gasteiger partial charge is 0.326 e. The number of benzene rings is 1. The third-order valence-electron chi connectivity index (χ3n) is 7.28. The molecule has 4 rings (SSSR count). The Hall–Kier alpha value is -4.23. The number of aromatic nitrogens is 3. The monoisotopic (exact) mass is 566 g/mol. The fourth-order valence-corrected chi connectivity index (χ4v) is 5.03. The quantitative estimate of drug-likeness (QED) is 0.118. The van der Waals surface area contributed by atoms with Gasteiger partial charge >= 0.3 is 5.97 Å². The van der Waals surface area contributed by atoms with Crippen LogP contribution in [-0.2, 0) is 32.0 Å². The van der Waals surface area contributed by atoms with E-state index in [0.717, 1.165) is 29.4 Å². The zero-order valence-corrected chi connectivity index (χ0v) is 22.8. The molecule has 3 aromatic rings. The number of nitrogens with one attached hydrogen (secondary N) is 6. The van der Waals surface area contributed by atoms with Gasteiger partial charge in [0.05, 0.1) is 12.4 Å². The van der Waals surface area contributed by atoms with Crippen molar-refractivity contribution in [3.05, 3.63) is 54.2 Å². The summed E-state index contributed by atoms with van der Waals surface area (Å²) in [6.07, 6.45) is 7.98. The summed E-state index contributed by atoms with van der Waals surface area (Å²) < 4.78 is 0. The topological polar surface area (TPSA) is 207 Å². The molecule has 4 atom stereocenters. The highest BCUT2D eigenvalue weighted by atomic mass is 16.4. The van der Waals surface area contributed by atoms with Crippen LogP contribution in [0, 0.1) is 0 Å². The molecule has 1 aliphatic heterocycles. The highest BCUT2D eigenvalue weighted by molar-refractivity contribution is 5.94. The van der Waals surface area contributed by atoms with Gasteiger partial charge in [0, 0.05) is 41.8 Å². The molecule has 13 heteroatoms. The van der Waals surface area contributed by atoms with Crippen molar-refractivity contribution >= 4 is 34.6 Å². The highest BCUT2D eigenvalue weighted by Crippen LogP contribution is 2.19. The van der Waals surface area contributed by atoms with Gasteiger partial charge in [-0.15, -0.1) is 0 Å². The Morgan fingerprint density at radius 3 is 2.49 bits per heavy atom. The SMILES string of the molecule is NCCCCC(NC(=O)C1CCCN1)C(=O)NC(Cc1cnc[nH]1)C(=O)NC(Cc1c[nH]c2ccccc12)C(=O)O. The van der Waals surface area contributed by atoms with E-state index in [-0.39, 0.29) is 24.8 Å². The van der Waals surface area contributed by atoms with Crippen molar-refractivity contribution in [3.63, 3.8) is 0 Å². The predicted octanol–water partition coefficient (Wildman–Crippen LogP) is 0.0962. The molecule has 4 unspecified atom stereocenters. The summed E-state index contributed by atoms with van der Waals surface area (Å²) >= 11 is 0. The van der Waals surface area contributed by atoms with Gasteiger partial charge in [-0.25, -0.2) is 9.78 Å². The van der Waals surface area contributed by atoms with E-state index in [1.165, 1.54) is 12.5 Å². The molecule has 2 aromatic heterocycles. The van der Waals surface area contributed by atoms with Crippen LogP contribution in [0.1, 0.15) is 43.4 Å². The zero-order chi connectivity index (χ0) is 29.2. The van der Waals surface area contributed by atoms with Crippen LogP contribution in [0.3, 0.4) is 0 Å². The Morgan fingerprint density at radius 2 is 1.78 bits per heavy atom. The predicted molar refractivity (Wildman–Crippen MR) is 152 cm³/mol. The third-order valence-corrected chi connectivity index (χ3v) is 7.28. The molecule has 0 aliphatic carbocycles. The highest BCUT2D eigenvalue weighted by Gasteiger charge is 2.32. The van der Waals surface area contributed by atoms with Gasteiger partial charge in [0.15, 0.2) is 0 Å². The first kappa shape index (κ1) is 29.7. The van der Waals surface area contributed by atoms with Crippen molar-refractivity contribution in [3.8, 4) is 0 Å². The number of rotatable bonds is 15. The molecule has 3 heterocycles. The number of imidazole rings is 1. The number of carbonyl (C=O) groups excluding carboxylic acids is 3. The minimum atomic E-state index is -1.24. The number of hydrogen-bond acceptors (Lipinski definition) is 7. The molecule has 41 heavy (non-hydrogen) atoms. The minimum Gasteiger partial charge on any atom is -0.480 e. The fraction of sp³-hybridized carbons (Fsp3) is 0.464. The number of hydrogen-bond donors (Lipinski definition) is 8. The lowest BCUT2D eigenvalue weighted by Crippen LogP contribution is -2.57. The summed E-state index contributed by atoms with van der Waals surface area (Å²) in [6.45, 7) is 1.18. The van der Waals surface area contributed by atoms with Crippen LogP contribution in [0.25, 0.3) is 10.9 Å². The Kier molecular flexibility index (Phi) is 10.5. The van der Waals surface area contributed by atoms with Crippen molar-refractivity contribution in [2.75, 3.05) is 13.1 Å². The van der Waals surface area contributed by atoms with Crippen LogP contribution in [-0.4, -0.2) is 81.0 Å². The van der Waals surface area contributed by atoms with E-state index in [1.54, 1.807) is 6.20 Å². The normalized spacial score (nSPS) is 17.0. The average molecular weight is 567 g/mol. The van der Waals surface area contributed by atoms with Gasteiger partial charge in [0.25, 0.3) is 0 Å². The van der Waals surface area contributed by atoms with Gasteiger partial charge in [-0.05, 0) is 56.8 Å². The standard InChI is InChI=1S/C28H38N8O5/c29-10-4-3-8-22(34-25(37)21-9-5-11-31-21)26(38)35-23(13-18-15-30-16-33-18)27(39)36-24(28(40)41)12-17-14-32-20-7-2-1-6-19(17)20/h1-2,6-7,14-16,21-24,31-32H,3-5,8-13,29H2,(H,30,33)(H,34,37)(H,35,38)(H,36,39)(H,40,41). The number of fused-ring (bicyclic) bond motifs is 1. The molecule has 1 fully saturated rings. The van der Waals surface area contributed by atoms with E-state index >= 15 is 0 Å². The van der Waals surface area contributed by atoms with Crippen molar-refractivity contribution in [2.24, 2.45) is 5.73 Å². The zero-order valence-electron chi connectivity index (χ0n) is 22.8. The molecule has 9 N–H and O–H groups in total. The van der Waals surface area contributed by atoms with Gasteiger partial charge in [0.1, 0.15) is 18.1 Å². The lowest BCUT2D eigenvalue weighted by molar-refractivity contribution is -0.142. The Labute approximate surface area is 237 Å². The van der Waals surface area contributed by atoms with E-state index in [4.69, 9.17) is 5.73 Å². The summed E-state index contributed by atoms with van der Waals surface area (Å²) in [7, 11) is 0. The third kappa shape index (κ3) is 8.14. The number of para-hydroxylation sites is 1. The number of aromatic amines is 2. The number of carbonyl (C=O) groups is 4. The maximum absolute atomic E-state index is 13.5. The van der Waals surface area contributed by atoms with Gasteiger partial charge < -0.3 is 42.1 Å². The van der Waals surface area contributed by atoms with Crippen molar-refractivity contribution in [1.29, 1.82) is 0 Å². The number of aliphatic carboxylic acids is 1. The summed E-state index contributed by atoms with van der Waals surface area (Å²) in [4.78, 5) is 61.9. The molecular formula is C28H38N8O5. The van der Waals surface area contributed by atoms with Crippen LogP contribution in [0.15, 0.2) is 43.0 Å². The van der Waals surface area contributed by atoms with Gasteiger partial charge in [0.2, 0.25) is 17.7 Å². The summed E-state index contributed by atoms with van der Waals surface area (Å²) in [6, 6.07) is 3.88. The maximum Gasteiger partial charge on any atom is 0.326 e. The molecule has 13 nitrogen and oxygen atoms in total. The van der Waals surface area contributed by atoms with Crippen LogP contribution in [0.4, 0.5) is 0 Å². The first-order valence-corrected chi connectivity index (χ1v) is 13.9. The molecule has 1 aromatic carbocycles. The Morgan fingerprint density at radius 1 is 1.00 bits per heavy atom. The average Bonchev–Trinajstić information content (AvgIpc) is 3.75. The number of unbranched alkanes of at least 4 members (excludes halogenated alkanes) is 1. The number of nitrogens with two attached hydrogens (primary N) is 1. The number of carboxylic acids is 1. The second-order valence-electron chi connectivity index (χ2n) is 10.3. The summed E-state index contributed by atoms with van der Waals surface area (Å²) in [5.74, 6) is -2.66. The van der Waals surface area contributed by atoms with E-state index in [1.807, 2.05) is 24.3 Å². The summed E-state index contributed by atoms with van der Waals surface area (Å²) in [5.41, 5.74) is 7.80. The second kappa shape index (κ2) is 14.4. The molecule has 0 saturated carbocycles. The van der Waals surface area contributed by atoms with Crippen molar-refractivity contribution < 1.29 is 24.3 Å². The lowest BCUT2D eigenvalue weighted by atomic mass is 10.0. The van der Waals surface area contributed by atoms with Crippen LogP contribution in [0.2, 0.25) is 0 Å². The van der Waals surface area contributed by atoms with E-state index in [0.29, 0.717) is 37.9 Å². The molecule has 0 radical (unpaired) electrons. The number of carboxylic acid groups (broad SMARTS) is 1. The first-order chi connectivity index (χ1) is 19.9. The number of amides is 3. The van der Waals surface area contributed by atoms with Crippen LogP contribution in [0.5, 0.6) is 0 Å². The van der Waals surface area contributed by atoms with E-state index in [9.17, 15) is 24.3 Å². The first-order valence-electron chi connectivity index (χ1n) is 13.9. The molecular weight excluding hydrogens is 528 g/mol. The van der Waals surface area contributed by atoms with E-state index < -0.39 is 35.9 Å². The van der Waals surface area contributed by atoms with Gasteiger partial charge in [-0.2, -0.15) is 0 Å². The van der Waals surface area contributed by atoms with Gasteiger partial charge in [-0.1, -0.05) is 18.2 Å². The second-order valence-corrected chi connectivity index (χ2v) is 10.3. The Bertz CT molecular complexity index is 1320. The van der Waals surface area contributed by atoms with Crippen molar-refractivity contribution in [1.82, 2.24) is 36.2 Å². The van der Waals surface area contributed by atoms with Crippen LogP contribution >= 0.6 is 0 Å².